The van der Waals surface area contributed by atoms with Gasteiger partial charge < -0.3 is 15.2 Å². The van der Waals surface area contributed by atoms with Crippen molar-refractivity contribution in [2.45, 2.75) is 45.4 Å². The summed E-state index contributed by atoms with van der Waals surface area (Å²) in [4.78, 5) is 25.0. The highest BCUT2D eigenvalue weighted by atomic mass is 79.9. The Morgan fingerprint density at radius 2 is 1.94 bits per heavy atom. The minimum Gasteiger partial charge on any atom is -0.342 e. The molecule has 168 valence electrons. The third-order valence-electron chi connectivity index (χ3n) is 4.85. The molecule has 0 aliphatic heterocycles. The van der Waals surface area contributed by atoms with Gasteiger partial charge in [0.15, 0.2) is 11.0 Å². The van der Waals surface area contributed by atoms with E-state index in [-0.39, 0.29) is 23.6 Å². The Labute approximate surface area is 200 Å². The zero-order valence-electron chi connectivity index (χ0n) is 18.5. The SMILES string of the molecule is CCn1c(SCC(=O)Nc2ccc(Br)c(C)c2)nnc1[C@H](C)NC(=O)c1cccc(C)c1. The van der Waals surface area contributed by atoms with Gasteiger partial charge in [-0.3, -0.25) is 9.59 Å². The van der Waals surface area contributed by atoms with Crippen LogP contribution < -0.4 is 10.6 Å². The van der Waals surface area contributed by atoms with Gasteiger partial charge in [-0.15, -0.1) is 10.2 Å². The lowest BCUT2D eigenvalue weighted by Gasteiger charge is -2.15. The zero-order valence-corrected chi connectivity index (χ0v) is 20.9. The quantitative estimate of drug-likeness (QED) is 0.416. The minimum absolute atomic E-state index is 0.121. The van der Waals surface area contributed by atoms with Crippen LogP contribution >= 0.6 is 27.7 Å². The fourth-order valence-electron chi connectivity index (χ4n) is 3.20. The Hall–Kier alpha value is -2.65. The van der Waals surface area contributed by atoms with E-state index in [2.05, 4.69) is 36.8 Å². The Balaban J connectivity index is 1.62. The summed E-state index contributed by atoms with van der Waals surface area (Å²) in [5, 5.41) is 15.0. The third-order valence-corrected chi connectivity index (χ3v) is 6.71. The van der Waals surface area contributed by atoms with Crippen LogP contribution in [0.3, 0.4) is 0 Å². The van der Waals surface area contributed by atoms with Gasteiger partial charge in [0.05, 0.1) is 11.8 Å². The Bertz CT molecular complexity index is 1130. The van der Waals surface area contributed by atoms with Gasteiger partial charge in [0.25, 0.3) is 5.91 Å². The van der Waals surface area contributed by atoms with Crippen LogP contribution in [0.1, 0.15) is 47.2 Å². The lowest BCUT2D eigenvalue weighted by molar-refractivity contribution is -0.113. The highest BCUT2D eigenvalue weighted by molar-refractivity contribution is 9.10. The average molecular weight is 516 g/mol. The standard InChI is InChI=1S/C23H26BrN5O2S/c1-5-29-21(16(4)25-22(31)17-8-6-7-14(2)11-17)27-28-23(29)32-13-20(30)26-18-9-10-19(24)15(3)12-18/h6-12,16H,5,13H2,1-4H3,(H,25,31)(H,26,30)/t16-/m0/s1. The van der Waals surface area contributed by atoms with E-state index in [4.69, 9.17) is 0 Å². The number of thioether (sulfide) groups is 1. The van der Waals surface area contributed by atoms with Crippen LogP contribution in [0.15, 0.2) is 52.1 Å². The molecule has 0 saturated heterocycles. The number of amides is 2. The normalized spacial score (nSPS) is 11.8. The third kappa shape index (κ3) is 5.98. The predicted octanol–water partition coefficient (Wildman–Crippen LogP) is 4.90. The van der Waals surface area contributed by atoms with E-state index in [1.165, 1.54) is 11.8 Å². The molecule has 3 aromatic rings. The topological polar surface area (TPSA) is 88.9 Å². The van der Waals surface area contributed by atoms with Crippen molar-refractivity contribution >= 4 is 45.2 Å². The largest absolute Gasteiger partial charge is 0.342 e. The van der Waals surface area contributed by atoms with Gasteiger partial charge in [-0.25, -0.2) is 0 Å². The van der Waals surface area contributed by atoms with Crippen LogP contribution in [-0.2, 0) is 11.3 Å². The number of nitrogens with one attached hydrogen (secondary N) is 2. The lowest BCUT2D eigenvalue weighted by Crippen LogP contribution is -2.28. The van der Waals surface area contributed by atoms with Crippen LogP contribution in [-0.4, -0.2) is 32.3 Å². The predicted molar refractivity (Wildman–Crippen MR) is 131 cm³/mol. The van der Waals surface area contributed by atoms with Gasteiger partial charge in [-0.2, -0.15) is 0 Å². The molecule has 1 heterocycles. The molecule has 2 N–H and O–H groups in total. The molecule has 0 spiro atoms. The number of hydrogen-bond donors (Lipinski definition) is 2. The number of aromatic nitrogens is 3. The smallest absolute Gasteiger partial charge is 0.251 e. The number of aryl methyl sites for hydroxylation is 2. The average Bonchev–Trinajstić information content (AvgIpc) is 3.18. The van der Waals surface area contributed by atoms with Crippen molar-refractivity contribution < 1.29 is 9.59 Å². The summed E-state index contributed by atoms with van der Waals surface area (Å²) in [5.41, 5.74) is 3.43. The molecular formula is C23H26BrN5O2S. The number of nitrogens with zero attached hydrogens (tertiary/aromatic N) is 3. The first-order valence-electron chi connectivity index (χ1n) is 10.3. The minimum atomic E-state index is -0.329. The monoisotopic (exact) mass is 515 g/mol. The number of anilines is 1. The summed E-state index contributed by atoms with van der Waals surface area (Å²) >= 11 is 4.77. The van der Waals surface area contributed by atoms with Crippen molar-refractivity contribution in [3.05, 3.63) is 69.5 Å². The van der Waals surface area contributed by atoms with Crippen molar-refractivity contribution in [3.8, 4) is 0 Å². The number of carbonyl (C=O) groups is 2. The molecule has 1 atom stereocenters. The van der Waals surface area contributed by atoms with Crippen molar-refractivity contribution in [2.24, 2.45) is 0 Å². The molecule has 2 aromatic carbocycles. The van der Waals surface area contributed by atoms with Crippen LogP contribution in [0.4, 0.5) is 5.69 Å². The summed E-state index contributed by atoms with van der Waals surface area (Å²) in [6.07, 6.45) is 0. The molecule has 0 saturated carbocycles. The van der Waals surface area contributed by atoms with Gasteiger partial charge in [-0.05, 0) is 63.6 Å². The maximum atomic E-state index is 12.6. The summed E-state index contributed by atoms with van der Waals surface area (Å²) in [6, 6.07) is 12.8. The van der Waals surface area contributed by atoms with Crippen molar-refractivity contribution in [2.75, 3.05) is 11.1 Å². The first kappa shape index (κ1) is 24.0. The van der Waals surface area contributed by atoms with E-state index in [0.717, 1.165) is 21.3 Å². The molecule has 0 bridgehead atoms. The van der Waals surface area contributed by atoms with E-state index < -0.39 is 0 Å². The van der Waals surface area contributed by atoms with Crippen LogP contribution in [0.2, 0.25) is 0 Å². The summed E-state index contributed by atoms with van der Waals surface area (Å²) in [5.74, 6) is 0.576. The van der Waals surface area contributed by atoms with E-state index >= 15 is 0 Å². The maximum Gasteiger partial charge on any atom is 0.251 e. The zero-order chi connectivity index (χ0) is 23.3. The van der Waals surface area contributed by atoms with Crippen molar-refractivity contribution in [1.82, 2.24) is 20.1 Å². The van der Waals surface area contributed by atoms with Gasteiger partial charge >= 0.3 is 0 Å². The van der Waals surface area contributed by atoms with Crippen molar-refractivity contribution in [3.63, 3.8) is 0 Å². The van der Waals surface area contributed by atoms with Gasteiger partial charge in [0.2, 0.25) is 5.91 Å². The molecule has 0 unspecified atom stereocenters. The first-order valence-corrected chi connectivity index (χ1v) is 12.1. The molecule has 0 fully saturated rings. The first-order chi connectivity index (χ1) is 15.3. The molecule has 2 amide bonds. The van der Waals surface area contributed by atoms with Gasteiger partial charge in [0.1, 0.15) is 0 Å². The van der Waals surface area contributed by atoms with E-state index in [1.807, 2.05) is 68.7 Å². The molecule has 7 nitrogen and oxygen atoms in total. The van der Waals surface area contributed by atoms with Gasteiger partial charge in [0, 0.05) is 22.3 Å². The summed E-state index contributed by atoms with van der Waals surface area (Å²) < 4.78 is 2.92. The number of benzene rings is 2. The van der Waals surface area contributed by atoms with Crippen LogP contribution in [0, 0.1) is 13.8 Å². The second kappa shape index (κ2) is 10.8. The van der Waals surface area contributed by atoms with E-state index in [1.54, 1.807) is 6.07 Å². The van der Waals surface area contributed by atoms with Crippen LogP contribution in [0.5, 0.6) is 0 Å². The Kier molecular flexibility index (Phi) is 8.09. The second-order valence-electron chi connectivity index (χ2n) is 7.45. The lowest BCUT2D eigenvalue weighted by atomic mass is 10.1. The Morgan fingerprint density at radius 1 is 1.16 bits per heavy atom. The number of carbonyl (C=O) groups excluding carboxylic acids is 2. The van der Waals surface area contributed by atoms with Gasteiger partial charge in [-0.1, -0.05) is 45.4 Å². The molecule has 3 rings (SSSR count). The Morgan fingerprint density at radius 3 is 2.62 bits per heavy atom. The molecule has 0 aliphatic rings. The summed E-state index contributed by atoms with van der Waals surface area (Å²) in [6.45, 7) is 8.41. The highest BCUT2D eigenvalue weighted by Gasteiger charge is 2.20. The molecule has 1 aromatic heterocycles. The number of halogens is 1. The molecule has 0 radical (unpaired) electrons. The van der Waals surface area contributed by atoms with E-state index in [0.29, 0.717) is 23.1 Å². The number of hydrogen-bond acceptors (Lipinski definition) is 5. The maximum absolute atomic E-state index is 12.6. The molecule has 9 heteroatoms. The van der Waals surface area contributed by atoms with Crippen molar-refractivity contribution in [1.29, 1.82) is 0 Å². The summed E-state index contributed by atoms with van der Waals surface area (Å²) in [7, 11) is 0. The highest BCUT2D eigenvalue weighted by Crippen LogP contribution is 2.23. The fraction of sp³-hybridized carbons (Fsp3) is 0.304. The number of rotatable bonds is 8. The fourth-order valence-corrected chi connectivity index (χ4v) is 4.26. The van der Waals surface area contributed by atoms with Crippen LogP contribution in [0.25, 0.3) is 0 Å². The molecular weight excluding hydrogens is 490 g/mol. The molecule has 32 heavy (non-hydrogen) atoms. The second-order valence-corrected chi connectivity index (χ2v) is 9.25. The molecule has 0 aliphatic carbocycles. The van der Waals surface area contributed by atoms with E-state index in [9.17, 15) is 9.59 Å².